The van der Waals surface area contributed by atoms with Gasteiger partial charge in [0.2, 0.25) is 0 Å². The summed E-state index contributed by atoms with van der Waals surface area (Å²) >= 11 is 0. The lowest BCUT2D eigenvalue weighted by Crippen LogP contribution is -2.40. The third-order valence-electron chi connectivity index (χ3n) is 3.02. The Morgan fingerprint density at radius 3 is 2.84 bits per heavy atom. The quantitative estimate of drug-likeness (QED) is 0.707. The number of hydrogen-bond acceptors (Lipinski definition) is 2. The van der Waals surface area contributed by atoms with Gasteiger partial charge in [0.05, 0.1) is 12.2 Å². The van der Waals surface area contributed by atoms with Crippen LogP contribution in [0.3, 0.4) is 0 Å². The number of hydrogen-bond donors (Lipinski definition) is 2. The highest BCUT2D eigenvalue weighted by molar-refractivity contribution is 5.74. The van der Waals surface area contributed by atoms with E-state index in [0.29, 0.717) is 6.54 Å². The molecule has 2 amide bonds. The van der Waals surface area contributed by atoms with Gasteiger partial charge in [-0.05, 0) is 25.5 Å². The zero-order valence-corrected chi connectivity index (χ0v) is 12.0. The Hall–Kier alpha value is -1.58. The Labute approximate surface area is 116 Å². The molecule has 4 nitrogen and oxygen atoms in total. The van der Waals surface area contributed by atoms with Crippen LogP contribution < -0.4 is 10.6 Å². The predicted molar refractivity (Wildman–Crippen MR) is 77.8 cm³/mol. The maximum Gasteiger partial charge on any atom is 0.315 e. The molecule has 1 unspecified atom stereocenters. The second-order valence-corrected chi connectivity index (χ2v) is 4.90. The fraction of sp³-hybridized carbons (Fsp3) is 0.600. The number of carbonyl (C=O) groups excluding carboxylic acids is 1. The number of amides is 2. The van der Waals surface area contributed by atoms with E-state index in [1.807, 2.05) is 25.1 Å². The minimum atomic E-state index is -0.117. The van der Waals surface area contributed by atoms with Gasteiger partial charge >= 0.3 is 6.03 Å². The van der Waals surface area contributed by atoms with Crippen molar-refractivity contribution in [1.29, 1.82) is 0 Å². The van der Waals surface area contributed by atoms with E-state index in [9.17, 15) is 4.79 Å². The average molecular weight is 263 g/mol. The first kappa shape index (κ1) is 15.5. The van der Waals surface area contributed by atoms with Crippen LogP contribution in [0.4, 0.5) is 4.79 Å². The summed E-state index contributed by atoms with van der Waals surface area (Å²) in [5, 5.41) is 5.77. The molecule has 1 atom stereocenters. The predicted octanol–water partition coefficient (Wildman–Crippen LogP) is 3.24. The van der Waals surface area contributed by atoms with Crippen LogP contribution >= 0.6 is 0 Å². The number of unbranched alkanes of at least 4 members (excludes halogenated alkanes) is 3. The van der Waals surface area contributed by atoms with Gasteiger partial charge in [0.15, 0.2) is 0 Å². The van der Waals surface area contributed by atoms with Crippen LogP contribution in [0.25, 0.3) is 0 Å². The third-order valence-corrected chi connectivity index (χ3v) is 3.02. The molecule has 0 saturated carbocycles. The van der Waals surface area contributed by atoms with E-state index in [-0.39, 0.29) is 12.1 Å². The number of carbonyl (C=O) groups is 1. The smallest absolute Gasteiger partial charge is 0.315 e. The lowest BCUT2D eigenvalue weighted by molar-refractivity contribution is 0.236. The van der Waals surface area contributed by atoms with E-state index in [0.717, 1.165) is 12.1 Å². The van der Waals surface area contributed by atoms with Gasteiger partial charge in [-0.3, -0.25) is 4.98 Å². The van der Waals surface area contributed by atoms with E-state index in [2.05, 4.69) is 22.5 Å². The standard InChI is InChI=1S/C15H25N3O/c1-3-4-5-6-9-13(2)18-15(19)17-12-14-10-7-8-11-16-14/h7-8,10-11,13H,3-6,9,12H2,1-2H3,(H2,17,18,19). The first-order chi connectivity index (χ1) is 9.22. The molecule has 1 aromatic heterocycles. The lowest BCUT2D eigenvalue weighted by atomic mass is 10.1. The molecule has 2 N–H and O–H groups in total. The summed E-state index contributed by atoms with van der Waals surface area (Å²) in [6, 6.07) is 5.78. The van der Waals surface area contributed by atoms with Crippen molar-refractivity contribution in [2.24, 2.45) is 0 Å². The Morgan fingerprint density at radius 1 is 1.32 bits per heavy atom. The van der Waals surface area contributed by atoms with E-state index >= 15 is 0 Å². The van der Waals surface area contributed by atoms with Crippen molar-refractivity contribution in [1.82, 2.24) is 15.6 Å². The molecule has 0 aliphatic carbocycles. The fourth-order valence-corrected chi connectivity index (χ4v) is 1.90. The molecule has 1 heterocycles. The monoisotopic (exact) mass is 263 g/mol. The number of nitrogens with zero attached hydrogens (tertiary/aromatic N) is 1. The molecule has 0 fully saturated rings. The largest absolute Gasteiger partial charge is 0.336 e. The first-order valence-corrected chi connectivity index (χ1v) is 7.16. The maximum absolute atomic E-state index is 11.7. The van der Waals surface area contributed by atoms with Crippen molar-refractivity contribution in [3.8, 4) is 0 Å². The number of rotatable bonds is 8. The molecule has 4 heteroatoms. The van der Waals surface area contributed by atoms with Gasteiger partial charge in [-0.15, -0.1) is 0 Å². The molecule has 0 spiro atoms. The minimum absolute atomic E-state index is 0.117. The van der Waals surface area contributed by atoms with Crippen molar-refractivity contribution in [2.45, 2.75) is 58.5 Å². The summed E-state index contributed by atoms with van der Waals surface area (Å²) in [7, 11) is 0. The van der Waals surface area contributed by atoms with Crippen molar-refractivity contribution >= 4 is 6.03 Å². The second-order valence-electron chi connectivity index (χ2n) is 4.90. The average Bonchev–Trinajstić information content (AvgIpc) is 2.42. The van der Waals surface area contributed by atoms with Gasteiger partial charge in [-0.25, -0.2) is 4.79 Å². The van der Waals surface area contributed by atoms with E-state index in [4.69, 9.17) is 0 Å². The van der Waals surface area contributed by atoms with Crippen molar-refractivity contribution in [3.63, 3.8) is 0 Å². The molecule has 0 aliphatic heterocycles. The lowest BCUT2D eigenvalue weighted by Gasteiger charge is -2.14. The SMILES string of the molecule is CCCCCCC(C)NC(=O)NCc1ccccn1. The van der Waals surface area contributed by atoms with Crippen LogP contribution in [-0.4, -0.2) is 17.1 Å². The highest BCUT2D eigenvalue weighted by Gasteiger charge is 2.06. The van der Waals surface area contributed by atoms with Crippen LogP contribution in [0.2, 0.25) is 0 Å². The maximum atomic E-state index is 11.7. The summed E-state index contributed by atoms with van der Waals surface area (Å²) in [6.07, 6.45) is 7.71. The minimum Gasteiger partial charge on any atom is -0.336 e. The molecular weight excluding hydrogens is 238 g/mol. The molecule has 0 aliphatic rings. The molecular formula is C15H25N3O. The summed E-state index contributed by atoms with van der Waals surface area (Å²) in [4.78, 5) is 15.8. The summed E-state index contributed by atoms with van der Waals surface area (Å²) in [6.45, 7) is 4.72. The molecule has 19 heavy (non-hydrogen) atoms. The van der Waals surface area contributed by atoms with Gasteiger partial charge in [0.1, 0.15) is 0 Å². The van der Waals surface area contributed by atoms with Crippen LogP contribution in [0.15, 0.2) is 24.4 Å². The third kappa shape index (κ3) is 7.44. The zero-order chi connectivity index (χ0) is 13.9. The number of nitrogens with one attached hydrogen (secondary N) is 2. The van der Waals surface area contributed by atoms with Gasteiger partial charge in [-0.1, -0.05) is 38.7 Å². The highest BCUT2D eigenvalue weighted by Crippen LogP contribution is 2.05. The Morgan fingerprint density at radius 2 is 2.16 bits per heavy atom. The molecule has 0 aromatic carbocycles. The molecule has 1 aromatic rings. The fourth-order valence-electron chi connectivity index (χ4n) is 1.90. The van der Waals surface area contributed by atoms with Crippen LogP contribution in [0, 0.1) is 0 Å². The van der Waals surface area contributed by atoms with Crippen LogP contribution in [0.5, 0.6) is 0 Å². The van der Waals surface area contributed by atoms with E-state index < -0.39 is 0 Å². The number of pyridine rings is 1. The molecule has 1 rings (SSSR count). The van der Waals surface area contributed by atoms with Crippen molar-refractivity contribution in [2.75, 3.05) is 0 Å². The molecule has 0 bridgehead atoms. The molecule has 0 radical (unpaired) electrons. The topological polar surface area (TPSA) is 54.0 Å². The first-order valence-electron chi connectivity index (χ1n) is 7.16. The van der Waals surface area contributed by atoms with Crippen molar-refractivity contribution in [3.05, 3.63) is 30.1 Å². The van der Waals surface area contributed by atoms with E-state index in [1.165, 1.54) is 25.7 Å². The molecule has 0 saturated heterocycles. The summed E-state index contributed by atoms with van der Waals surface area (Å²) < 4.78 is 0. The van der Waals surface area contributed by atoms with Gasteiger partial charge in [0, 0.05) is 12.2 Å². The highest BCUT2D eigenvalue weighted by atomic mass is 16.2. The molecule has 106 valence electrons. The number of urea groups is 1. The van der Waals surface area contributed by atoms with Gasteiger partial charge in [0.25, 0.3) is 0 Å². The Kier molecular flexibility index (Phi) is 7.63. The van der Waals surface area contributed by atoms with Gasteiger partial charge < -0.3 is 10.6 Å². The van der Waals surface area contributed by atoms with Crippen molar-refractivity contribution < 1.29 is 4.79 Å². The Bertz CT molecular complexity index is 354. The Balaban J connectivity index is 2.13. The van der Waals surface area contributed by atoms with Crippen LogP contribution in [-0.2, 0) is 6.54 Å². The normalized spacial score (nSPS) is 11.9. The van der Waals surface area contributed by atoms with Crippen LogP contribution in [0.1, 0.15) is 51.6 Å². The zero-order valence-electron chi connectivity index (χ0n) is 12.0. The summed E-state index contributed by atoms with van der Waals surface area (Å²) in [5.74, 6) is 0. The summed E-state index contributed by atoms with van der Waals surface area (Å²) in [5.41, 5.74) is 0.869. The van der Waals surface area contributed by atoms with E-state index in [1.54, 1.807) is 6.20 Å². The number of aromatic nitrogens is 1. The van der Waals surface area contributed by atoms with Gasteiger partial charge in [-0.2, -0.15) is 0 Å². The second kappa shape index (κ2) is 9.36.